The molecule has 32 heavy (non-hydrogen) atoms. The lowest BCUT2D eigenvalue weighted by molar-refractivity contribution is 0.0878. The maximum atomic E-state index is 12.9. The van der Waals surface area contributed by atoms with Crippen molar-refractivity contribution in [1.29, 1.82) is 0 Å². The summed E-state index contributed by atoms with van der Waals surface area (Å²) in [5.41, 5.74) is 2.81. The van der Waals surface area contributed by atoms with Gasteiger partial charge in [0, 0.05) is 27.4 Å². The zero-order chi connectivity index (χ0) is 22.0. The van der Waals surface area contributed by atoms with Gasteiger partial charge in [-0.2, -0.15) is 0 Å². The topological polar surface area (TPSA) is 111 Å². The van der Waals surface area contributed by atoms with Crippen molar-refractivity contribution in [3.05, 3.63) is 83.4 Å². The number of benzene rings is 4. The number of aromatic amines is 1. The Morgan fingerprint density at radius 3 is 2.50 bits per heavy atom. The van der Waals surface area contributed by atoms with E-state index in [-0.39, 0.29) is 22.4 Å². The minimum Gasteiger partial charge on any atom is -0.507 e. The molecule has 0 bridgehead atoms. The molecule has 7 heteroatoms. The van der Waals surface area contributed by atoms with E-state index in [0.29, 0.717) is 5.69 Å². The van der Waals surface area contributed by atoms with Crippen LogP contribution >= 0.6 is 0 Å². The van der Waals surface area contributed by atoms with Crippen molar-refractivity contribution in [1.82, 2.24) is 10.3 Å². The van der Waals surface area contributed by atoms with Crippen LogP contribution in [-0.4, -0.2) is 27.8 Å². The number of para-hydroxylation sites is 1. The number of carbonyl (C=O) groups excluding carboxylic acids is 3. The van der Waals surface area contributed by atoms with Crippen LogP contribution in [-0.2, 0) is 0 Å². The van der Waals surface area contributed by atoms with E-state index in [1.165, 1.54) is 12.1 Å². The van der Waals surface area contributed by atoms with Gasteiger partial charge in [0.1, 0.15) is 5.75 Å². The van der Waals surface area contributed by atoms with Crippen LogP contribution in [0.2, 0.25) is 0 Å². The summed E-state index contributed by atoms with van der Waals surface area (Å²) in [7, 11) is 0. The number of imide groups is 1. The summed E-state index contributed by atoms with van der Waals surface area (Å²) >= 11 is 0. The van der Waals surface area contributed by atoms with Gasteiger partial charge in [0.25, 0.3) is 17.7 Å². The third-order valence-corrected chi connectivity index (χ3v) is 5.85. The van der Waals surface area contributed by atoms with Crippen LogP contribution in [0, 0.1) is 0 Å². The second kappa shape index (κ2) is 6.42. The highest BCUT2D eigenvalue weighted by Gasteiger charge is 2.27. The van der Waals surface area contributed by atoms with E-state index in [2.05, 4.69) is 15.6 Å². The van der Waals surface area contributed by atoms with E-state index >= 15 is 0 Å². The Bertz CT molecular complexity index is 1650. The molecule has 2 heterocycles. The van der Waals surface area contributed by atoms with Crippen molar-refractivity contribution in [2.45, 2.75) is 0 Å². The molecule has 0 radical (unpaired) electrons. The minimum absolute atomic E-state index is 0.106. The number of aromatic hydroxyl groups is 1. The average Bonchev–Trinajstić information content (AvgIpc) is 3.30. The zero-order valence-corrected chi connectivity index (χ0v) is 16.5. The van der Waals surface area contributed by atoms with E-state index in [1.54, 1.807) is 18.2 Å². The zero-order valence-electron chi connectivity index (χ0n) is 16.5. The molecule has 0 unspecified atom stereocenters. The highest BCUT2D eigenvalue weighted by Crippen LogP contribution is 2.34. The molecule has 0 fully saturated rings. The summed E-state index contributed by atoms with van der Waals surface area (Å²) in [6.45, 7) is 0. The molecule has 0 atom stereocenters. The van der Waals surface area contributed by atoms with Gasteiger partial charge < -0.3 is 15.4 Å². The average molecular weight is 421 g/mol. The molecule has 0 saturated carbocycles. The predicted octanol–water partition coefficient (Wildman–Crippen LogP) is 4.32. The molecule has 1 aliphatic rings. The van der Waals surface area contributed by atoms with Crippen LogP contribution in [0.3, 0.4) is 0 Å². The molecule has 0 spiro atoms. The quantitative estimate of drug-likeness (QED) is 0.318. The number of hydrogen-bond donors (Lipinski definition) is 4. The molecular weight excluding hydrogens is 406 g/mol. The number of H-pyrrole nitrogens is 1. The van der Waals surface area contributed by atoms with Crippen molar-refractivity contribution in [2.24, 2.45) is 0 Å². The number of phenolic OH excluding ortho intramolecular Hbond substituents is 1. The molecule has 1 aromatic heterocycles. The molecule has 5 aromatic rings. The first kappa shape index (κ1) is 18.1. The van der Waals surface area contributed by atoms with Gasteiger partial charge in [-0.05, 0) is 41.8 Å². The van der Waals surface area contributed by atoms with Crippen LogP contribution < -0.4 is 10.6 Å². The molecule has 4 aromatic carbocycles. The Morgan fingerprint density at radius 1 is 0.812 bits per heavy atom. The van der Waals surface area contributed by atoms with E-state index in [1.807, 2.05) is 36.4 Å². The molecule has 0 saturated heterocycles. The number of amides is 3. The third kappa shape index (κ3) is 2.58. The van der Waals surface area contributed by atoms with Crippen LogP contribution in [0.4, 0.5) is 5.69 Å². The number of aromatic nitrogens is 1. The fourth-order valence-electron chi connectivity index (χ4n) is 4.31. The SMILES string of the molecule is O=C(Nc1ccc2c(c1)C(=O)NC2=O)c1cc2ccc3c4ccccc4[nH]c3c2cc1O. The molecular formula is C25H15N3O4. The summed E-state index contributed by atoms with van der Waals surface area (Å²) in [5, 5.41) is 19.3. The fraction of sp³-hybridized carbons (Fsp3) is 0. The molecule has 7 nitrogen and oxygen atoms in total. The van der Waals surface area contributed by atoms with Gasteiger partial charge in [0.05, 0.1) is 22.2 Å². The summed E-state index contributed by atoms with van der Waals surface area (Å²) in [5.74, 6) is -1.64. The Labute approximate surface area is 180 Å². The first-order chi connectivity index (χ1) is 15.5. The Morgan fingerprint density at radius 2 is 1.62 bits per heavy atom. The molecule has 1 aliphatic heterocycles. The summed E-state index contributed by atoms with van der Waals surface area (Å²) in [6, 6.07) is 19.6. The second-order valence-corrected chi connectivity index (χ2v) is 7.75. The lowest BCUT2D eigenvalue weighted by Crippen LogP contribution is -2.19. The van der Waals surface area contributed by atoms with Gasteiger partial charge in [-0.15, -0.1) is 0 Å². The van der Waals surface area contributed by atoms with Crippen molar-refractivity contribution >= 4 is 56.0 Å². The number of fused-ring (bicyclic) bond motifs is 6. The van der Waals surface area contributed by atoms with E-state index < -0.39 is 17.7 Å². The van der Waals surface area contributed by atoms with Gasteiger partial charge >= 0.3 is 0 Å². The maximum absolute atomic E-state index is 12.9. The largest absolute Gasteiger partial charge is 0.507 e. The van der Waals surface area contributed by atoms with Gasteiger partial charge in [-0.1, -0.05) is 30.3 Å². The first-order valence-electron chi connectivity index (χ1n) is 9.97. The summed E-state index contributed by atoms with van der Waals surface area (Å²) < 4.78 is 0. The van der Waals surface area contributed by atoms with Crippen LogP contribution in [0.25, 0.3) is 32.6 Å². The summed E-state index contributed by atoms with van der Waals surface area (Å²) in [4.78, 5) is 39.8. The van der Waals surface area contributed by atoms with Gasteiger partial charge in [0.15, 0.2) is 0 Å². The lowest BCUT2D eigenvalue weighted by atomic mass is 10.0. The maximum Gasteiger partial charge on any atom is 0.259 e. The molecule has 0 aliphatic carbocycles. The fourth-order valence-corrected chi connectivity index (χ4v) is 4.31. The van der Waals surface area contributed by atoms with E-state index in [0.717, 1.165) is 32.6 Å². The molecule has 154 valence electrons. The van der Waals surface area contributed by atoms with E-state index in [9.17, 15) is 19.5 Å². The van der Waals surface area contributed by atoms with Crippen molar-refractivity contribution < 1.29 is 19.5 Å². The van der Waals surface area contributed by atoms with Crippen LogP contribution in [0.5, 0.6) is 5.75 Å². The Hall–Kier alpha value is -4.65. The summed E-state index contributed by atoms with van der Waals surface area (Å²) in [6.07, 6.45) is 0. The molecule has 3 amide bonds. The number of anilines is 1. The molecule has 4 N–H and O–H groups in total. The third-order valence-electron chi connectivity index (χ3n) is 5.85. The van der Waals surface area contributed by atoms with Gasteiger partial charge in [-0.3, -0.25) is 19.7 Å². The van der Waals surface area contributed by atoms with E-state index in [4.69, 9.17) is 0 Å². The number of nitrogens with one attached hydrogen (secondary N) is 3. The first-order valence-corrected chi connectivity index (χ1v) is 9.97. The lowest BCUT2D eigenvalue weighted by Gasteiger charge is -2.10. The second-order valence-electron chi connectivity index (χ2n) is 7.75. The highest BCUT2D eigenvalue weighted by atomic mass is 16.3. The highest BCUT2D eigenvalue weighted by molar-refractivity contribution is 6.22. The molecule has 6 rings (SSSR count). The number of phenols is 1. The Kier molecular flexibility index (Phi) is 3.64. The van der Waals surface area contributed by atoms with Crippen molar-refractivity contribution in [3.63, 3.8) is 0 Å². The van der Waals surface area contributed by atoms with Crippen molar-refractivity contribution in [3.8, 4) is 5.75 Å². The minimum atomic E-state index is -0.522. The number of carbonyl (C=O) groups is 3. The standard InChI is InChI=1S/C25H15N3O4/c29-21-11-17-12(5-7-15-14-3-1-2-4-20(14)27-22(15)17)9-19(21)25(32)26-13-6-8-16-18(10-13)24(31)28-23(16)30/h1-11,27,29H,(H,26,32)(H,28,30,31). The van der Waals surface area contributed by atoms with Crippen LogP contribution in [0.1, 0.15) is 31.1 Å². The van der Waals surface area contributed by atoms with Crippen molar-refractivity contribution in [2.75, 3.05) is 5.32 Å². The predicted molar refractivity (Wildman–Crippen MR) is 121 cm³/mol. The number of rotatable bonds is 2. The van der Waals surface area contributed by atoms with Crippen LogP contribution in [0.15, 0.2) is 66.7 Å². The monoisotopic (exact) mass is 421 g/mol. The smallest absolute Gasteiger partial charge is 0.259 e. The number of hydrogen-bond acceptors (Lipinski definition) is 4. The van der Waals surface area contributed by atoms with Gasteiger partial charge in [0.2, 0.25) is 0 Å². The normalized spacial score (nSPS) is 13.0. The van der Waals surface area contributed by atoms with Gasteiger partial charge in [-0.25, -0.2) is 0 Å². The Balaban J connectivity index is 1.40.